The molecule has 2 aromatic rings. The molecule has 7 nitrogen and oxygen atoms in total. The molecule has 0 fully saturated rings. The fourth-order valence-corrected chi connectivity index (χ4v) is 2.11. The normalized spacial score (nSPS) is 10.5. The summed E-state index contributed by atoms with van der Waals surface area (Å²) in [6, 6.07) is 4.36. The zero-order valence-corrected chi connectivity index (χ0v) is 12.4. The smallest absolute Gasteiger partial charge is 0.312 e. The first-order chi connectivity index (χ1) is 10.3. The molecule has 0 atom stereocenters. The highest BCUT2D eigenvalue weighted by Crippen LogP contribution is 2.21. The van der Waals surface area contributed by atoms with E-state index in [1.54, 1.807) is 19.1 Å². The molecule has 2 rings (SSSR count). The maximum absolute atomic E-state index is 13.4. The number of aryl methyl sites for hydroxylation is 2. The maximum Gasteiger partial charge on any atom is 0.312 e. The van der Waals surface area contributed by atoms with Crippen LogP contribution in [0.3, 0.4) is 0 Å². The van der Waals surface area contributed by atoms with E-state index in [-0.39, 0.29) is 17.9 Å². The van der Waals surface area contributed by atoms with Crippen LogP contribution in [0.1, 0.15) is 17.0 Å². The highest BCUT2D eigenvalue weighted by Gasteiger charge is 2.22. The fraction of sp³-hybridized carbons (Fsp3) is 0.286. The predicted molar refractivity (Wildman–Crippen MR) is 78.1 cm³/mol. The Morgan fingerprint density at radius 2 is 2.09 bits per heavy atom. The lowest BCUT2D eigenvalue weighted by Gasteiger charge is -2.07. The van der Waals surface area contributed by atoms with Crippen molar-refractivity contribution in [2.75, 3.05) is 5.32 Å². The molecule has 1 N–H and O–H groups in total. The van der Waals surface area contributed by atoms with Gasteiger partial charge < -0.3 is 5.32 Å². The Morgan fingerprint density at radius 3 is 2.64 bits per heavy atom. The second-order valence-corrected chi connectivity index (χ2v) is 4.95. The van der Waals surface area contributed by atoms with E-state index in [1.807, 2.05) is 0 Å². The van der Waals surface area contributed by atoms with Crippen LogP contribution in [0.15, 0.2) is 18.2 Å². The summed E-state index contributed by atoms with van der Waals surface area (Å²) in [6.07, 6.45) is 0. The lowest BCUT2D eigenvalue weighted by atomic mass is 10.2. The SMILES string of the molecule is Cc1ccc(NC(=O)Cn2nc(C)c([N+](=O)[O-])c2C)cc1F. The van der Waals surface area contributed by atoms with Gasteiger partial charge in [-0.25, -0.2) is 4.39 Å². The highest BCUT2D eigenvalue weighted by atomic mass is 19.1. The van der Waals surface area contributed by atoms with Crippen LogP contribution in [0.2, 0.25) is 0 Å². The molecule has 0 radical (unpaired) electrons. The molecule has 1 aromatic heterocycles. The first-order valence-electron chi connectivity index (χ1n) is 6.54. The summed E-state index contributed by atoms with van der Waals surface area (Å²) in [5.74, 6) is -0.858. The van der Waals surface area contributed by atoms with E-state index in [2.05, 4.69) is 10.4 Å². The number of hydrogen-bond donors (Lipinski definition) is 1. The molecular formula is C14H15FN4O3. The van der Waals surface area contributed by atoms with Crippen molar-refractivity contribution in [3.63, 3.8) is 0 Å². The molecule has 1 heterocycles. The number of halogens is 1. The van der Waals surface area contributed by atoms with Gasteiger partial charge in [0.25, 0.3) is 0 Å². The van der Waals surface area contributed by atoms with Crippen LogP contribution in [0.4, 0.5) is 15.8 Å². The molecule has 0 aliphatic heterocycles. The summed E-state index contributed by atoms with van der Waals surface area (Å²) < 4.78 is 14.7. The van der Waals surface area contributed by atoms with Gasteiger partial charge in [-0.2, -0.15) is 5.10 Å². The van der Waals surface area contributed by atoms with Crippen molar-refractivity contribution in [3.8, 4) is 0 Å². The first kappa shape index (κ1) is 15.6. The zero-order valence-electron chi connectivity index (χ0n) is 12.4. The van der Waals surface area contributed by atoms with Crippen LogP contribution in [-0.2, 0) is 11.3 Å². The van der Waals surface area contributed by atoms with Crippen LogP contribution in [0.25, 0.3) is 0 Å². The zero-order chi connectivity index (χ0) is 16.4. The van der Waals surface area contributed by atoms with Crippen molar-refractivity contribution in [1.29, 1.82) is 0 Å². The number of carbonyl (C=O) groups is 1. The molecule has 0 spiro atoms. The minimum atomic E-state index is -0.526. The number of anilines is 1. The number of nitrogens with zero attached hydrogens (tertiary/aromatic N) is 3. The number of rotatable bonds is 4. The Balaban J connectivity index is 2.14. The van der Waals surface area contributed by atoms with Crippen LogP contribution >= 0.6 is 0 Å². The third-order valence-electron chi connectivity index (χ3n) is 3.27. The topological polar surface area (TPSA) is 90.1 Å². The molecule has 0 aliphatic rings. The van der Waals surface area contributed by atoms with Crippen LogP contribution in [-0.4, -0.2) is 20.6 Å². The van der Waals surface area contributed by atoms with E-state index in [1.165, 1.54) is 24.6 Å². The molecule has 0 unspecified atom stereocenters. The number of nitrogens with one attached hydrogen (secondary N) is 1. The lowest BCUT2D eigenvalue weighted by Crippen LogP contribution is -2.20. The molecular weight excluding hydrogens is 291 g/mol. The summed E-state index contributed by atoms with van der Waals surface area (Å²) in [5, 5.41) is 17.4. The summed E-state index contributed by atoms with van der Waals surface area (Å²) in [5.41, 5.74) is 1.25. The molecule has 22 heavy (non-hydrogen) atoms. The van der Waals surface area contributed by atoms with E-state index in [0.717, 1.165) is 0 Å². The summed E-state index contributed by atoms with van der Waals surface area (Å²) in [4.78, 5) is 22.3. The summed E-state index contributed by atoms with van der Waals surface area (Å²) >= 11 is 0. The Labute approximate surface area is 125 Å². The number of carbonyl (C=O) groups excluding carboxylic acids is 1. The van der Waals surface area contributed by atoms with Crippen LogP contribution < -0.4 is 5.32 Å². The molecule has 116 valence electrons. The molecule has 0 bridgehead atoms. The lowest BCUT2D eigenvalue weighted by molar-refractivity contribution is -0.386. The van der Waals surface area contributed by atoms with Gasteiger partial charge in [0.1, 0.15) is 23.7 Å². The molecule has 0 saturated carbocycles. The van der Waals surface area contributed by atoms with Gasteiger partial charge in [-0.05, 0) is 38.5 Å². The fourth-order valence-electron chi connectivity index (χ4n) is 2.11. The first-order valence-corrected chi connectivity index (χ1v) is 6.54. The van der Waals surface area contributed by atoms with Gasteiger partial charge in [0.05, 0.1) is 4.92 Å². The largest absolute Gasteiger partial charge is 0.324 e. The van der Waals surface area contributed by atoms with Crippen molar-refractivity contribution < 1.29 is 14.1 Å². The van der Waals surface area contributed by atoms with Crippen molar-refractivity contribution in [3.05, 3.63) is 51.1 Å². The molecule has 1 aromatic carbocycles. The predicted octanol–water partition coefficient (Wildman–Crippen LogP) is 2.49. The summed E-state index contributed by atoms with van der Waals surface area (Å²) in [6.45, 7) is 4.47. The standard InChI is InChI=1S/C14H15FN4O3/c1-8-4-5-11(6-12(8)15)16-13(20)7-18-10(3)14(19(21)22)9(2)17-18/h4-6H,7H2,1-3H3,(H,16,20). The Kier molecular flexibility index (Phi) is 4.20. The van der Waals surface area contributed by atoms with Gasteiger partial charge in [0, 0.05) is 5.69 Å². The monoisotopic (exact) mass is 306 g/mol. The summed E-state index contributed by atoms with van der Waals surface area (Å²) in [7, 11) is 0. The molecule has 1 amide bonds. The van der Waals surface area contributed by atoms with Crippen molar-refractivity contribution in [2.45, 2.75) is 27.3 Å². The van der Waals surface area contributed by atoms with Gasteiger partial charge in [-0.1, -0.05) is 6.07 Å². The van der Waals surface area contributed by atoms with E-state index in [0.29, 0.717) is 16.9 Å². The Bertz CT molecular complexity index is 755. The second kappa shape index (κ2) is 5.92. The van der Waals surface area contributed by atoms with Gasteiger partial charge in [-0.15, -0.1) is 0 Å². The van der Waals surface area contributed by atoms with Gasteiger partial charge in [-0.3, -0.25) is 19.6 Å². The van der Waals surface area contributed by atoms with Crippen LogP contribution in [0, 0.1) is 36.7 Å². The number of aromatic nitrogens is 2. The third kappa shape index (κ3) is 3.11. The average molecular weight is 306 g/mol. The van der Waals surface area contributed by atoms with Gasteiger partial charge in [0.2, 0.25) is 5.91 Å². The van der Waals surface area contributed by atoms with E-state index in [4.69, 9.17) is 0 Å². The number of hydrogen-bond acceptors (Lipinski definition) is 4. The number of nitro groups is 1. The van der Waals surface area contributed by atoms with Crippen molar-refractivity contribution >= 4 is 17.3 Å². The third-order valence-corrected chi connectivity index (χ3v) is 3.27. The Morgan fingerprint density at radius 1 is 1.41 bits per heavy atom. The Hall–Kier alpha value is -2.77. The second-order valence-electron chi connectivity index (χ2n) is 4.95. The molecule has 0 aliphatic carbocycles. The minimum absolute atomic E-state index is 0.103. The molecule has 8 heteroatoms. The number of amides is 1. The average Bonchev–Trinajstić information content (AvgIpc) is 2.68. The minimum Gasteiger partial charge on any atom is -0.324 e. The van der Waals surface area contributed by atoms with E-state index in [9.17, 15) is 19.3 Å². The van der Waals surface area contributed by atoms with Crippen molar-refractivity contribution in [1.82, 2.24) is 9.78 Å². The quantitative estimate of drug-likeness (QED) is 0.694. The number of benzene rings is 1. The van der Waals surface area contributed by atoms with E-state index < -0.39 is 16.6 Å². The van der Waals surface area contributed by atoms with Crippen LogP contribution in [0.5, 0.6) is 0 Å². The van der Waals surface area contributed by atoms with Crippen molar-refractivity contribution in [2.24, 2.45) is 0 Å². The van der Waals surface area contributed by atoms with Gasteiger partial charge in [0.15, 0.2) is 0 Å². The maximum atomic E-state index is 13.4. The van der Waals surface area contributed by atoms with E-state index >= 15 is 0 Å². The highest BCUT2D eigenvalue weighted by molar-refractivity contribution is 5.90. The molecule has 0 saturated heterocycles. The van der Waals surface area contributed by atoms with Gasteiger partial charge >= 0.3 is 5.69 Å².